The van der Waals surface area contributed by atoms with E-state index in [0.29, 0.717) is 0 Å². The lowest BCUT2D eigenvalue weighted by atomic mass is 10.3. The van der Waals surface area contributed by atoms with Gasteiger partial charge in [0.15, 0.2) is 0 Å². The molecule has 0 unspecified atom stereocenters. The Morgan fingerprint density at radius 1 is 1.47 bits per heavy atom. The van der Waals surface area contributed by atoms with Crippen LogP contribution < -0.4 is 4.72 Å². The lowest BCUT2D eigenvalue weighted by molar-refractivity contribution is -0.138. The maximum absolute atomic E-state index is 11.8. The molecule has 0 radical (unpaired) electrons. The van der Waals surface area contributed by atoms with Crippen LogP contribution in [0.1, 0.15) is 23.0 Å². The van der Waals surface area contributed by atoms with E-state index >= 15 is 0 Å². The number of methoxy groups -OCH3 is 1. The minimum Gasteiger partial charge on any atom is -0.480 e. The quantitative estimate of drug-likeness (QED) is 0.739. The highest BCUT2D eigenvalue weighted by atomic mass is 32.2. The smallest absolute Gasteiger partial charge is 0.341 e. The van der Waals surface area contributed by atoms with Crippen molar-refractivity contribution in [2.24, 2.45) is 0 Å². The molecular formula is C10H13NO7S. The highest BCUT2D eigenvalue weighted by Crippen LogP contribution is 2.20. The lowest BCUT2D eigenvalue weighted by Gasteiger charge is -2.07. The number of carbonyl (C=O) groups excluding carboxylic acids is 1. The standard InChI is InChI=1S/C10H13NO7S/c1-5(9(12)13)11-19(15,16)8-4-7(6(2)18-8)10(14)17-3/h4-5,11H,1-3H3,(H,12,13)/t5-/m1/s1. The average Bonchev–Trinajstić information content (AvgIpc) is 2.70. The van der Waals surface area contributed by atoms with Crippen LogP contribution in [0.4, 0.5) is 0 Å². The summed E-state index contributed by atoms with van der Waals surface area (Å²) in [5, 5.41) is 8.10. The van der Waals surface area contributed by atoms with Gasteiger partial charge in [-0.1, -0.05) is 0 Å². The lowest BCUT2D eigenvalue weighted by Crippen LogP contribution is -2.38. The van der Waals surface area contributed by atoms with Crippen molar-refractivity contribution in [2.75, 3.05) is 7.11 Å². The van der Waals surface area contributed by atoms with Gasteiger partial charge in [-0.15, -0.1) is 0 Å². The molecule has 9 heteroatoms. The highest BCUT2D eigenvalue weighted by molar-refractivity contribution is 7.89. The van der Waals surface area contributed by atoms with Crippen LogP contribution in [-0.2, 0) is 19.6 Å². The summed E-state index contributed by atoms with van der Waals surface area (Å²) in [6.07, 6.45) is 0. The number of carbonyl (C=O) groups is 2. The fourth-order valence-corrected chi connectivity index (χ4v) is 2.43. The van der Waals surface area contributed by atoms with E-state index in [1.807, 2.05) is 4.72 Å². The molecule has 8 nitrogen and oxygen atoms in total. The summed E-state index contributed by atoms with van der Waals surface area (Å²) in [5.74, 6) is -2.01. The predicted octanol–water partition coefficient (Wildman–Crippen LogP) is 0.126. The number of ether oxygens (including phenoxy) is 1. The van der Waals surface area contributed by atoms with Gasteiger partial charge >= 0.3 is 11.9 Å². The van der Waals surface area contributed by atoms with Gasteiger partial charge in [0.05, 0.1) is 7.11 Å². The number of aliphatic carboxylic acids is 1. The van der Waals surface area contributed by atoms with Crippen LogP contribution >= 0.6 is 0 Å². The Kier molecular flexibility index (Phi) is 4.32. The molecule has 106 valence electrons. The first kappa shape index (κ1) is 15.2. The average molecular weight is 291 g/mol. The van der Waals surface area contributed by atoms with Crippen LogP contribution in [0.2, 0.25) is 0 Å². The van der Waals surface area contributed by atoms with Crippen molar-refractivity contribution in [1.82, 2.24) is 4.72 Å². The molecule has 1 aromatic heterocycles. The van der Waals surface area contributed by atoms with Crippen LogP contribution in [0.15, 0.2) is 15.6 Å². The van der Waals surface area contributed by atoms with Crippen molar-refractivity contribution in [3.63, 3.8) is 0 Å². The zero-order chi connectivity index (χ0) is 14.8. The Balaban J connectivity index is 3.10. The second-order valence-corrected chi connectivity index (χ2v) is 5.35. The minimum absolute atomic E-state index is 0.0362. The summed E-state index contributed by atoms with van der Waals surface area (Å²) in [6, 6.07) is -0.338. The van der Waals surface area contributed by atoms with Crippen LogP contribution in [0.3, 0.4) is 0 Å². The normalized spacial score (nSPS) is 13.0. The first-order chi connectivity index (χ1) is 8.69. The molecule has 19 heavy (non-hydrogen) atoms. The zero-order valence-corrected chi connectivity index (χ0v) is 11.3. The number of rotatable bonds is 5. The van der Waals surface area contributed by atoms with Crippen molar-refractivity contribution >= 4 is 22.0 Å². The number of carboxylic acid groups (broad SMARTS) is 1. The number of nitrogens with one attached hydrogen (secondary N) is 1. The van der Waals surface area contributed by atoms with Crippen molar-refractivity contribution in [2.45, 2.75) is 25.0 Å². The molecule has 0 aliphatic carbocycles. The molecule has 0 fully saturated rings. The molecule has 0 aliphatic heterocycles. The molecule has 0 amide bonds. The molecule has 0 saturated heterocycles. The van der Waals surface area contributed by atoms with Gasteiger partial charge in [0, 0.05) is 6.07 Å². The highest BCUT2D eigenvalue weighted by Gasteiger charge is 2.27. The predicted molar refractivity (Wildman–Crippen MR) is 62.2 cm³/mol. The summed E-state index contributed by atoms with van der Waals surface area (Å²) in [5.41, 5.74) is -0.0362. The molecule has 0 saturated carbocycles. The number of furan rings is 1. The molecule has 0 bridgehead atoms. The van der Waals surface area contributed by atoms with Gasteiger partial charge in [0.1, 0.15) is 17.4 Å². The van der Waals surface area contributed by atoms with Crippen LogP contribution in [0.5, 0.6) is 0 Å². The summed E-state index contributed by atoms with van der Waals surface area (Å²) < 4.78 is 34.9. The van der Waals surface area contributed by atoms with E-state index in [9.17, 15) is 18.0 Å². The van der Waals surface area contributed by atoms with E-state index in [4.69, 9.17) is 9.52 Å². The summed E-state index contributed by atoms with van der Waals surface area (Å²) in [4.78, 5) is 21.9. The number of aryl methyl sites for hydroxylation is 1. The molecule has 1 heterocycles. The first-order valence-corrected chi connectivity index (χ1v) is 6.61. The van der Waals surface area contributed by atoms with Gasteiger partial charge in [-0.2, -0.15) is 4.72 Å². The monoisotopic (exact) mass is 291 g/mol. The largest absolute Gasteiger partial charge is 0.480 e. The number of sulfonamides is 1. The Morgan fingerprint density at radius 3 is 2.53 bits per heavy atom. The number of esters is 1. The maximum Gasteiger partial charge on any atom is 0.341 e. The number of hydrogen-bond acceptors (Lipinski definition) is 6. The molecule has 1 aromatic rings. The molecule has 0 aromatic carbocycles. The third kappa shape index (κ3) is 3.32. The van der Waals surface area contributed by atoms with Crippen molar-refractivity contribution in [1.29, 1.82) is 0 Å². The van der Waals surface area contributed by atoms with Gasteiger partial charge in [-0.3, -0.25) is 4.79 Å². The van der Waals surface area contributed by atoms with E-state index in [0.717, 1.165) is 20.1 Å². The van der Waals surface area contributed by atoms with Crippen LogP contribution in [0, 0.1) is 6.92 Å². The van der Waals surface area contributed by atoms with Gasteiger partial charge in [-0.25, -0.2) is 13.2 Å². The zero-order valence-electron chi connectivity index (χ0n) is 10.5. The molecule has 1 atom stereocenters. The van der Waals surface area contributed by atoms with Crippen molar-refractivity contribution < 1.29 is 32.3 Å². The van der Waals surface area contributed by atoms with Gasteiger partial charge in [-0.05, 0) is 13.8 Å². The third-order valence-electron chi connectivity index (χ3n) is 2.27. The molecule has 0 aliphatic rings. The van der Waals surface area contributed by atoms with E-state index in [1.54, 1.807) is 0 Å². The first-order valence-electron chi connectivity index (χ1n) is 5.13. The Hall–Kier alpha value is -1.87. The van der Waals surface area contributed by atoms with E-state index in [1.165, 1.54) is 6.92 Å². The van der Waals surface area contributed by atoms with Crippen molar-refractivity contribution in [3.05, 3.63) is 17.4 Å². The van der Waals surface area contributed by atoms with Gasteiger partial charge in [0.25, 0.3) is 10.0 Å². The van der Waals surface area contributed by atoms with Gasteiger partial charge in [0.2, 0.25) is 5.09 Å². The van der Waals surface area contributed by atoms with Crippen LogP contribution in [-0.4, -0.2) is 38.6 Å². The minimum atomic E-state index is -4.15. The Morgan fingerprint density at radius 2 is 2.05 bits per heavy atom. The summed E-state index contributed by atoms with van der Waals surface area (Å²) in [7, 11) is -3.01. The van der Waals surface area contributed by atoms with E-state index in [-0.39, 0.29) is 11.3 Å². The second-order valence-electron chi connectivity index (χ2n) is 3.71. The topological polar surface area (TPSA) is 123 Å². The van der Waals surface area contributed by atoms with E-state index in [2.05, 4.69) is 4.74 Å². The maximum atomic E-state index is 11.8. The Bertz CT molecular complexity index is 601. The summed E-state index contributed by atoms with van der Waals surface area (Å²) in [6.45, 7) is 2.56. The second kappa shape index (κ2) is 5.41. The Labute approximate surface area is 109 Å². The fourth-order valence-electron chi connectivity index (χ4n) is 1.24. The number of carboxylic acids is 1. The van der Waals surface area contributed by atoms with Gasteiger partial charge < -0.3 is 14.3 Å². The molecule has 2 N–H and O–H groups in total. The van der Waals surface area contributed by atoms with Crippen molar-refractivity contribution in [3.8, 4) is 0 Å². The summed E-state index contributed by atoms with van der Waals surface area (Å²) >= 11 is 0. The third-order valence-corrected chi connectivity index (χ3v) is 3.66. The SMILES string of the molecule is COC(=O)c1cc(S(=O)(=O)N[C@H](C)C(=O)O)oc1C. The number of hydrogen-bond donors (Lipinski definition) is 2. The molecular weight excluding hydrogens is 278 g/mol. The van der Waals surface area contributed by atoms with Crippen LogP contribution in [0.25, 0.3) is 0 Å². The van der Waals surface area contributed by atoms with E-state index < -0.39 is 33.1 Å². The molecule has 1 rings (SSSR count). The molecule has 0 spiro atoms. The fraction of sp³-hybridized carbons (Fsp3) is 0.400.